The first kappa shape index (κ1) is 17.6. The number of carbonyl (C=O) groups excluding carboxylic acids is 1. The lowest BCUT2D eigenvalue weighted by atomic mass is 10.3. The maximum atomic E-state index is 12.4. The molecule has 2 aromatic heterocycles. The van der Waals surface area contributed by atoms with Gasteiger partial charge in [-0.05, 0) is 24.0 Å². The molecule has 0 unspecified atom stereocenters. The number of aromatic nitrogens is 4. The van der Waals surface area contributed by atoms with Gasteiger partial charge < -0.3 is 0 Å². The monoisotopic (exact) mass is 393 g/mol. The molecule has 128 valence electrons. The van der Waals surface area contributed by atoms with Gasteiger partial charge in [0, 0.05) is 17.3 Å². The first-order valence-electron chi connectivity index (χ1n) is 7.20. The lowest BCUT2D eigenvalue weighted by Crippen LogP contribution is -2.25. The molecule has 0 atom stereocenters. The van der Waals surface area contributed by atoms with Gasteiger partial charge in [0.05, 0.1) is 5.69 Å². The highest BCUT2D eigenvalue weighted by Crippen LogP contribution is 2.25. The van der Waals surface area contributed by atoms with Crippen LogP contribution in [0.1, 0.15) is 17.4 Å². The van der Waals surface area contributed by atoms with Crippen LogP contribution in [-0.4, -0.2) is 31.6 Å². The van der Waals surface area contributed by atoms with Crippen molar-refractivity contribution >= 4 is 45.7 Å². The normalized spacial score (nSPS) is 10.6. The molecule has 10 heteroatoms. The van der Waals surface area contributed by atoms with Gasteiger partial charge >= 0.3 is 0 Å². The third-order valence-corrected chi connectivity index (χ3v) is 5.08. The first-order chi connectivity index (χ1) is 12.1. The Hall–Kier alpha value is -2.23. The molecule has 3 rings (SSSR count). The van der Waals surface area contributed by atoms with Gasteiger partial charge in [0.1, 0.15) is 0 Å². The van der Waals surface area contributed by atoms with E-state index < -0.39 is 11.3 Å². The van der Waals surface area contributed by atoms with E-state index in [9.17, 15) is 9.59 Å². The first-order valence-corrected chi connectivity index (χ1v) is 9.38. The van der Waals surface area contributed by atoms with Crippen LogP contribution in [0.5, 0.6) is 0 Å². The van der Waals surface area contributed by atoms with Gasteiger partial charge in [0.2, 0.25) is 10.6 Å². The molecule has 0 saturated heterocycles. The number of nitrogens with one attached hydrogen (secondary N) is 1. The fraction of sp³-hybridized carbons (Fsp3) is 0.133. The lowest BCUT2D eigenvalue weighted by molar-refractivity contribution is 0.101. The van der Waals surface area contributed by atoms with E-state index in [0.29, 0.717) is 15.8 Å². The molecule has 0 spiro atoms. The summed E-state index contributed by atoms with van der Waals surface area (Å²) in [6.07, 6.45) is 1.48. The van der Waals surface area contributed by atoms with Crippen molar-refractivity contribution in [2.24, 2.45) is 0 Å². The van der Waals surface area contributed by atoms with E-state index >= 15 is 0 Å². The summed E-state index contributed by atoms with van der Waals surface area (Å²) in [5, 5.41) is 15.3. The summed E-state index contributed by atoms with van der Waals surface area (Å²) < 4.78 is 2.16. The average molecular weight is 394 g/mol. The minimum atomic E-state index is -0.634. The highest BCUT2D eigenvalue weighted by atomic mass is 35.5. The Morgan fingerprint density at radius 2 is 2.20 bits per heavy atom. The van der Waals surface area contributed by atoms with Crippen LogP contribution in [-0.2, 0) is 0 Å². The SMILES string of the molecule is CCSc1nnc(NC(=O)c2nn(-c3cccc(Cl)c3)ccc2=O)s1. The number of rotatable bonds is 5. The van der Waals surface area contributed by atoms with Crippen LogP contribution in [0.3, 0.4) is 0 Å². The number of hydrogen-bond acceptors (Lipinski definition) is 7. The van der Waals surface area contributed by atoms with E-state index in [1.54, 1.807) is 24.3 Å². The summed E-state index contributed by atoms with van der Waals surface area (Å²) in [7, 11) is 0. The Labute approximate surface area is 156 Å². The van der Waals surface area contributed by atoms with E-state index in [4.69, 9.17) is 11.6 Å². The van der Waals surface area contributed by atoms with Crippen LogP contribution in [0.4, 0.5) is 5.13 Å². The molecule has 25 heavy (non-hydrogen) atoms. The van der Waals surface area contributed by atoms with E-state index in [1.165, 1.54) is 40.0 Å². The summed E-state index contributed by atoms with van der Waals surface area (Å²) >= 11 is 8.73. The van der Waals surface area contributed by atoms with Crippen molar-refractivity contribution in [2.45, 2.75) is 11.3 Å². The molecule has 0 radical (unpaired) electrons. The topological polar surface area (TPSA) is 89.8 Å². The van der Waals surface area contributed by atoms with Gasteiger partial charge in [-0.2, -0.15) is 5.10 Å². The van der Waals surface area contributed by atoms with Crippen LogP contribution in [0.2, 0.25) is 5.02 Å². The standard InChI is InChI=1S/C15H12ClN5O2S2/c1-2-24-15-19-18-14(25-15)17-13(23)12-11(22)6-7-21(20-12)10-5-3-4-9(16)8-10/h3-8H,2H2,1H3,(H,17,18,23). The number of halogens is 1. The van der Waals surface area contributed by atoms with Crippen LogP contribution in [0.15, 0.2) is 45.7 Å². The third kappa shape index (κ3) is 4.25. The van der Waals surface area contributed by atoms with E-state index in [2.05, 4.69) is 20.6 Å². The second-order valence-electron chi connectivity index (χ2n) is 4.71. The molecule has 1 aromatic carbocycles. The van der Waals surface area contributed by atoms with Gasteiger partial charge in [0.15, 0.2) is 10.0 Å². The lowest BCUT2D eigenvalue weighted by Gasteiger charge is -2.07. The molecule has 0 bridgehead atoms. The van der Waals surface area contributed by atoms with Gasteiger partial charge in [-0.25, -0.2) is 4.68 Å². The average Bonchev–Trinajstić information content (AvgIpc) is 3.02. The fourth-order valence-corrected chi connectivity index (χ4v) is 3.75. The molecule has 1 N–H and O–H groups in total. The number of carbonyl (C=O) groups is 1. The Bertz CT molecular complexity index is 972. The zero-order valence-electron chi connectivity index (χ0n) is 13.0. The van der Waals surface area contributed by atoms with E-state index in [0.717, 1.165) is 10.1 Å². The van der Waals surface area contributed by atoms with Gasteiger partial charge in [-0.15, -0.1) is 10.2 Å². The Balaban J connectivity index is 1.86. The van der Waals surface area contributed by atoms with Gasteiger partial charge in [0.25, 0.3) is 5.91 Å². The summed E-state index contributed by atoms with van der Waals surface area (Å²) in [6, 6.07) is 8.21. The van der Waals surface area contributed by atoms with Crippen molar-refractivity contribution in [3.8, 4) is 5.69 Å². The molecular weight excluding hydrogens is 382 g/mol. The number of amides is 1. The summed E-state index contributed by atoms with van der Waals surface area (Å²) in [6.45, 7) is 2.00. The van der Waals surface area contributed by atoms with Crippen molar-refractivity contribution in [2.75, 3.05) is 11.1 Å². The zero-order chi connectivity index (χ0) is 17.8. The smallest absolute Gasteiger partial charge is 0.282 e. The summed E-state index contributed by atoms with van der Waals surface area (Å²) in [5.74, 6) is 0.221. The fourth-order valence-electron chi connectivity index (χ4n) is 1.93. The van der Waals surface area contributed by atoms with Crippen LogP contribution in [0.25, 0.3) is 5.69 Å². The highest BCUT2D eigenvalue weighted by molar-refractivity contribution is 8.01. The predicted molar refractivity (Wildman–Crippen MR) is 99.1 cm³/mol. The number of nitrogens with zero attached hydrogens (tertiary/aromatic N) is 4. The molecule has 3 aromatic rings. The molecule has 7 nitrogen and oxygen atoms in total. The van der Waals surface area contributed by atoms with Crippen LogP contribution >= 0.6 is 34.7 Å². The predicted octanol–water partition coefficient (Wildman–Crippen LogP) is 3.10. The van der Waals surface area contributed by atoms with Crippen molar-refractivity contribution in [3.05, 3.63) is 57.5 Å². The van der Waals surface area contributed by atoms with E-state index in [-0.39, 0.29) is 5.69 Å². The summed E-state index contributed by atoms with van der Waals surface area (Å²) in [4.78, 5) is 24.4. The number of anilines is 1. The maximum absolute atomic E-state index is 12.4. The van der Waals surface area contributed by atoms with Crippen molar-refractivity contribution in [3.63, 3.8) is 0 Å². The number of thioether (sulfide) groups is 1. The molecule has 2 heterocycles. The highest BCUT2D eigenvalue weighted by Gasteiger charge is 2.16. The Morgan fingerprint density at radius 1 is 1.36 bits per heavy atom. The van der Waals surface area contributed by atoms with Crippen molar-refractivity contribution in [1.29, 1.82) is 0 Å². The molecule has 1 amide bonds. The minimum absolute atomic E-state index is 0.234. The molecular formula is C15H12ClN5O2S2. The molecule has 0 aliphatic carbocycles. The molecule has 0 saturated carbocycles. The van der Waals surface area contributed by atoms with Crippen LogP contribution < -0.4 is 10.7 Å². The molecule has 0 aliphatic rings. The molecule has 0 aliphatic heterocycles. The largest absolute Gasteiger partial charge is 0.295 e. The second kappa shape index (κ2) is 7.77. The third-order valence-electron chi connectivity index (χ3n) is 2.99. The van der Waals surface area contributed by atoms with Crippen molar-refractivity contribution in [1.82, 2.24) is 20.0 Å². The second-order valence-corrected chi connectivity index (χ2v) is 7.64. The summed E-state index contributed by atoms with van der Waals surface area (Å²) in [5.41, 5.74) is -0.0788. The Morgan fingerprint density at radius 3 is 2.96 bits per heavy atom. The molecule has 0 fully saturated rings. The van der Waals surface area contributed by atoms with E-state index in [1.807, 2.05) is 6.92 Å². The van der Waals surface area contributed by atoms with Crippen molar-refractivity contribution < 1.29 is 4.79 Å². The number of hydrogen-bond donors (Lipinski definition) is 1. The van der Waals surface area contributed by atoms with Crippen LogP contribution in [0, 0.1) is 0 Å². The maximum Gasteiger partial charge on any atom is 0.282 e. The zero-order valence-corrected chi connectivity index (χ0v) is 15.4. The Kier molecular flexibility index (Phi) is 5.47. The quantitative estimate of drug-likeness (QED) is 0.529. The van der Waals surface area contributed by atoms with Gasteiger partial charge in [-0.1, -0.05) is 47.7 Å². The van der Waals surface area contributed by atoms with Gasteiger partial charge in [-0.3, -0.25) is 14.9 Å². The minimum Gasteiger partial charge on any atom is -0.295 e. The number of benzene rings is 1.